The minimum atomic E-state index is -0.255. The average molecular weight is 413 g/mol. The van der Waals surface area contributed by atoms with E-state index in [-0.39, 0.29) is 11.8 Å². The third-order valence-corrected chi connectivity index (χ3v) is 5.73. The predicted octanol–water partition coefficient (Wildman–Crippen LogP) is 5.32. The molecule has 0 unspecified atom stereocenters. The lowest BCUT2D eigenvalue weighted by Crippen LogP contribution is -2.39. The molecule has 3 nitrogen and oxygen atoms in total. The van der Waals surface area contributed by atoms with Gasteiger partial charge in [-0.25, -0.2) is 4.98 Å². The number of thiazole rings is 1. The van der Waals surface area contributed by atoms with Gasteiger partial charge >= 0.3 is 0 Å². The van der Waals surface area contributed by atoms with Crippen LogP contribution in [0.15, 0.2) is 95.8 Å². The number of hydrogen-bond acceptors (Lipinski definition) is 4. The lowest BCUT2D eigenvalue weighted by molar-refractivity contribution is -0.120. The summed E-state index contributed by atoms with van der Waals surface area (Å²) in [5.41, 5.74) is 7.27. The van der Waals surface area contributed by atoms with Gasteiger partial charge in [-0.1, -0.05) is 84.9 Å². The van der Waals surface area contributed by atoms with E-state index >= 15 is 0 Å². The summed E-state index contributed by atoms with van der Waals surface area (Å²) in [6.07, 6.45) is 1.07. The maximum absolute atomic E-state index is 13.2. The van der Waals surface area contributed by atoms with Crippen molar-refractivity contribution in [2.75, 3.05) is 0 Å². The summed E-state index contributed by atoms with van der Waals surface area (Å²) in [6.45, 7) is 0.594. The minimum Gasteiger partial charge on any atom is -0.301 e. The zero-order chi connectivity index (χ0) is 20.6. The molecule has 0 aliphatic rings. The Morgan fingerprint density at radius 2 is 1.57 bits per heavy atom. The van der Waals surface area contributed by atoms with Crippen molar-refractivity contribution in [2.24, 2.45) is 0 Å². The highest BCUT2D eigenvalue weighted by Gasteiger charge is 2.19. The van der Waals surface area contributed by atoms with E-state index in [2.05, 4.69) is 46.7 Å². The van der Waals surface area contributed by atoms with Crippen molar-refractivity contribution in [1.29, 1.82) is 0 Å². The fourth-order valence-electron chi connectivity index (χ4n) is 3.52. The molecule has 30 heavy (non-hydrogen) atoms. The first kappa shape index (κ1) is 20.2. The second-order valence-electron chi connectivity index (χ2n) is 7.31. The van der Waals surface area contributed by atoms with Gasteiger partial charge < -0.3 is 5.32 Å². The number of rotatable bonds is 9. The fraction of sp³-hybridized carbons (Fsp3) is 0.154. The van der Waals surface area contributed by atoms with Crippen LogP contribution in [0.5, 0.6) is 0 Å². The van der Waals surface area contributed by atoms with Crippen molar-refractivity contribution < 1.29 is 4.79 Å². The number of hydrogen-bond donors (Lipinski definition) is 1. The van der Waals surface area contributed by atoms with Crippen LogP contribution in [-0.2, 0) is 24.2 Å². The SMILES string of the molecule is O=C(Cc1cccc(-c2ccccc2)c1)[C@H](Cc1ccccc1)NCc1cscn1. The Balaban J connectivity index is 1.49. The van der Waals surface area contributed by atoms with E-state index in [4.69, 9.17) is 0 Å². The normalized spacial score (nSPS) is 11.9. The summed E-state index contributed by atoms with van der Waals surface area (Å²) in [7, 11) is 0. The molecule has 3 aromatic carbocycles. The minimum absolute atomic E-state index is 0.194. The van der Waals surface area contributed by atoms with E-state index in [1.807, 2.05) is 59.4 Å². The smallest absolute Gasteiger partial charge is 0.154 e. The Morgan fingerprint density at radius 3 is 2.30 bits per heavy atom. The summed E-state index contributed by atoms with van der Waals surface area (Å²) in [6, 6.07) is 28.4. The number of ketones is 1. The molecule has 0 amide bonds. The van der Waals surface area contributed by atoms with Crippen LogP contribution in [0.1, 0.15) is 16.8 Å². The summed E-state index contributed by atoms with van der Waals surface area (Å²) in [4.78, 5) is 17.6. The van der Waals surface area contributed by atoms with Crippen molar-refractivity contribution in [3.8, 4) is 11.1 Å². The molecule has 4 aromatic rings. The second-order valence-corrected chi connectivity index (χ2v) is 8.03. The van der Waals surface area contributed by atoms with Crippen molar-refractivity contribution in [1.82, 2.24) is 10.3 Å². The topological polar surface area (TPSA) is 42.0 Å². The van der Waals surface area contributed by atoms with Gasteiger partial charge in [-0.2, -0.15) is 0 Å². The number of nitrogens with one attached hydrogen (secondary N) is 1. The maximum atomic E-state index is 13.2. The van der Waals surface area contributed by atoms with Gasteiger partial charge in [0.05, 0.1) is 17.2 Å². The third-order valence-electron chi connectivity index (χ3n) is 5.10. The van der Waals surface area contributed by atoms with Gasteiger partial charge in [0.15, 0.2) is 5.78 Å². The van der Waals surface area contributed by atoms with Crippen molar-refractivity contribution in [3.05, 3.63) is 113 Å². The van der Waals surface area contributed by atoms with Gasteiger partial charge in [-0.05, 0) is 28.7 Å². The van der Waals surface area contributed by atoms with Crippen LogP contribution in [-0.4, -0.2) is 16.8 Å². The van der Waals surface area contributed by atoms with E-state index < -0.39 is 0 Å². The summed E-state index contributed by atoms with van der Waals surface area (Å²) in [5.74, 6) is 0.194. The molecule has 0 bridgehead atoms. The molecule has 0 spiro atoms. The largest absolute Gasteiger partial charge is 0.301 e. The van der Waals surface area contributed by atoms with Crippen LogP contribution < -0.4 is 5.32 Å². The molecular formula is C26H24N2OS. The summed E-state index contributed by atoms with van der Waals surface area (Å²) >= 11 is 1.57. The second kappa shape index (κ2) is 10.1. The third kappa shape index (κ3) is 5.50. The molecule has 0 saturated carbocycles. The zero-order valence-corrected chi connectivity index (χ0v) is 17.5. The van der Waals surface area contributed by atoms with E-state index in [0.29, 0.717) is 19.4 Å². The van der Waals surface area contributed by atoms with Crippen LogP contribution >= 0.6 is 11.3 Å². The van der Waals surface area contributed by atoms with Crippen LogP contribution in [0.2, 0.25) is 0 Å². The lowest BCUT2D eigenvalue weighted by atomic mass is 9.95. The maximum Gasteiger partial charge on any atom is 0.154 e. The Morgan fingerprint density at radius 1 is 0.867 bits per heavy atom. The first-order valence-electron chi connectivity index (χ1n) is 10.1. The lowest BCUT2D eigenvalue weighted by Gasteiger charge is -2.18. The molecule has 0 aliphatic heterocycles. The quantitative estimate of drug-likeness (QED) is 0.404. The molecule has 1 aromatic heterocycles. The number of nitrogens with zero attached hydrogens (tertiary/aromatic N) is 1. The standard InChI is InChI=1S/C26H24N2OS/c29-26(16-21-10-7-13-23(14-21)22-11-5-2-6-12-22)25(15-20-8-3-1-4-9-20)27-17-24-18-30-19-28-24/h1-14,18-19,25,27H,15-17H2/t25-/m0/s1. The molecule has 1 N–H and O–H groups in total. The zero-order valence-electron chi connectivity index (χ0n) is 16.7. The van der Waals surface area contributed by atoms with Crippen molar-refractivity contribution in [2.45, 2.75) is 25.4 Å². The monoisotopic (exact) mass is 412 g/mol. The van der Waals surface area contributed by atoms with Crippen molar-refractivity contribution >= 4 is 17.1 Å². The molecule has 1 heterocycles. The Labute approximate surface area is 181 Å². The number of carbonyl (C=O) groups is 1. The number of benzene rings is 3. The molecule has 150 valence electrons. The Bertz CT molecular complexity index is 1060. The highest BCUT2D eigenvalue weighted by atomic mass is 32.1. The van der Waals surface area contributed by atoms with Gasteiger partial charge in [0.25, 0.3) is 0 Å². The van der Waals surface area contributed by atoms with Crippen LogP contribution in [0.25, 0.3) is 11.1 Å². The van der Waals surface area contributed by atoms with Crippen LogP contribution in [0, 0.1) is 0 Å². The van der Waals surface area contributed by atoms with Crippen LogP contribution in [0.3, 0.4) is 0 Å². The highest BCUT2D eigenvalue weighted by molar-refractivity contribution is 7.07. The van der Waals surface area contributed by atoms with Crippen LogP contribution in [0.4, 0.5) is 0 Å². The van der Waals surface area contributed by atoms with Crippen molar-refractivity contribution in [3.63, 3.8) is 0 Å². The fourth-order valence-corrected chi connectivity index (χ4v) is 4.08. The highest BCUT2D eigenvalue weighted by Crippen LogP contribution is 2.20. The number of carbonyl (C=O) groups excluding carboxylic acids is 1. The Kier molecular flexibility index (Phi) is 6.80. The molecule has 0 saturated heterocycles. The van der Waals surface area contributed by atoms with Gasteiger partial charge in [0, 0.05) is 18.3 Å². The molecule has 0 fully saturated rings. The molecular weight excluding hydrogens is 388 g/mol. The molecule has 4 rings (SSSR count). The Hall–Kier alpha value is -3.08. The average Bonchev–Trinajstić information content (AvgIpc) is 3.32. The molecule has 1 atom stereocenters. The van der Waals surface area contributed by atoms with Gasteiger partial charge in [0.1, 0.15) is 0 Å². The first-order valence-corrected chi connectivity index (χ1v) is 11.0. The van der Waals surface area contributed by atoms with Gasteiger partial charge in [0.2, 0.25) is 0 Å². The predicted molar refractivity (Wildman–Crippen MR) is 123 cm³/mol. The van der Waals surface area contributed by atoms with E-state index in [9.17, 15) is 4.79 Å². The van der Waals surface area contributed by atoms with E-state index in [0.717, 1.165) is 27.9 Å². The van der Waals surface area contributed by atoms with Gasteiger partial charge in [-0.15, -0.1) is 11.3 Å². The van der Waals surface area contributed by atoms with Gasteiger partial charge in [-0.3, -0.25) is 4.79 Å². The molecule has 4 heteroatoms. The van der Waals surface area contributed by atoms with E-state index in [1.54, 1.807) is 11.3 Å². The molecule has 0 aliphatic carbocycles. The first-order chi connectivity index (χ1) is 14.8. The number of aromatic nitrogens is 1. The summed E-state index contributed by atoms with van der Waals surface area (Å²) < 4.78 is 0. The number of Topliss-reactive ketones (excluding diaryl/α,β-unsaturated/α-hetero) is 1. The summed E-state index contributed by atoms with van der Waals surface area (Å²) in [5, 5.41) is 5.45. The molecule has 0 radical (unpaired) electrons. The van der Waals surface area contributed by atoms with E-state index in [1.165, 1.54) is 0 Å².